The Morgan fingerprint density at radius 1 is 1.12 bits per heavy atom. The molecule has 0 aromatic heterocycles. The molecule has 2 saturated heterocycles. The van der Waals surface area contributed by atoms with E-state index in [9.17, 15) is 14.0 Å². The average molecular weight is 471 g/mol. The third-order valence-electron chi connectivity index (χ3n) is 6.29. The lowest BCUT2D eigenvalue weighted by molar-refractivity contribution is -0.129. The third kappa shape index (κ3) is 5.54. The molecule has 1 N–H and O–H groups in total. The first-order chi connectivity index (χ1) is 15.8. The molecule has 0 spiro atoms. The number of hydrogen-bond acceptors (Lipinski definition) is 3. The van der Waals surface area contributed by atoms with Crippen LogP contribution in [0.25, 0.3) is 6.08 Å². The van der Waals surface area contributed by atoms with Crippen LogP contribution >= 0.6 is 11.6 Å². The minimum atomic E-state index is -0.271. The fourth-order valence-electron chi connectivity index (χ4n) is 4.50. The first-order valence-corrected chi connectivity index (χ1v) is 11.4. The fraction of sp³-hybridized carbons (Fsp3) is 0.360. The Kier molecular flexibility index (Phi) is 7.00. The molecule has 3 amide bonds. The van der Waals surface area contributed by atoms with Crippen LogP contribution < -0.4 is 5.32 Å². The van der Waals surface area contributed by atoms with E-state index in [4.69, 9.17) is 11.6 Å². The predicted molar refractivity (Wildman–Crippen MR) is 129 cm³/mol. The molecule has 2 aromatic carbocycles. The molecule has 174 valence electrons. The number of carbonyl (C=O) groups is 2. The molecule has 33 heavy (non-hydrogen) atoms. The van der Waals surface area contributed by atoms with Crippen molar-refractivity contribution in [3.63, 3.8) is 0 Å². The van der Waals surface area contributed by atoms with Crippen molar-refractivity contribution in [1.29, 1.82) is 0 Å². The van der Waals surface area contributed by atoms with Crippen molar-refractivity contribution in [3.05, 3.63) is 70.5 Å². The zero-order valence-corrected chi connectivity index (χ0v) is 19.6. The zero-order chi connectivity index (χ0) is 23.5. The van der Waals surface area contributed by atoms with Crippen molar-refractivity contribution in [2.75, 3.05) is 32.5 Å². The quantitative estimate of drug-likeness (QED) is 0.656. The molecule has 0 saturated carbocycles. The van der Waals surface area contributed by atoms with Crippen molar-refractivity contribution in [2.45, 2.75) is 31.5 Å². The average Bonchev–Trinajstić information content (AvgIpc) is 3.00. The van der Waals surface area contributed by atoms with Crippen LogP contribution in [-0.4, -0.2) is 65.9 Å². The van der Waals surface area contributed by atoms with Crippen molar-refractivity contribution in [1.82, 2.24) is 14.7 Å². The number of nitrogens with zero attached hydrogens (tertiary/aromatic N) is 3. The Morgan fingerprint density at radius 2 is 1.79 bits per heavy atom. The number of piperazine rings is 1. The van der Waals surface area contributed by atoms with Gasteiger partial charge in [-0.1, -0.05) is 29.8 Å². The second-order valence-corrected chi connectivity index (χ2v) is 9.25. The van der Waals surface area contributed by atoms with E-state index in [1.165, 1.54) is 17.0 Å². The number of nitrogens with one attached hydrogen (secondary N) is 1. The summed E-state index contributed by atoms with van der Waals surface area (Å²) in [7, 11) is 3.31. The number of anilines is 1. The van der Waals surface area contributed by atoms with E-state index in [2.05, 4.69) is 10.2 Å². The number of halogens is 2. The van der Waals surface area contributed by atoms with Gasteiger partial charge in [-0.15, -0.1) is 0 Å². The summed E-state index contributed by atoms with van der Waals surface area (Å²) in [5.41, 5.74) is 2.35. The zero-order valence-electron chi connectivity index (χ0n) is 18.8. The SMILES string of the molecule is CN(C)C(=O)Nc1cc(Cl)ccc1C=CC(=O)N1CC2CCC(C1)N2Cc1ccc(F)cc1. The van der Waals surface area contributed by atoms with Crippen LogP contribution in [0, 0.1) is 5.82 Å². The second-order valence-electron chi connectivity index (χ2n) is 8.82. The van der Waals surface area contributed by atoms with Gasteiger partial charge in [-0.25, -0.2) is 9.18 Å². The molecule has 2 bridgehead atoms. The maximum absolute atomic E-state index is 13.2. The molecule has 2 unspecified atom stereocenters. The van der Waals surface area contributed by atoms with Gasteiger partial charge in [0.2, 0.25) is 5.91 Å². The van der Waals surface area contributed by atoms with E-state index < -0.39 is 0 Å². The van der Waals surface area contributed by atoms with Crippen LogP contribution in [0.2, 0.25) is 5.02 Å². The fourth-order valence-corrected chi connectivity index (χ4v) is 4.68. The smallest absolute Gasteiger partial charge is 0.321 e. The lowest BCUT2D eigenvalue weighted by atomic mass is 10.1. The van der Waals surface area contributed by atoms with Crippen LogP contribution in [0.5, 0.6) is 0 Å². The highest BCUT2D eigenvalue weighted by atomic mass is 35.5. The first-order valence-electron chi connectivity index (χ1n) is 11.0. The van der Waals surface area contributed by atoms with E-state index in [0.717, 1.165) is 24.9 Å². The number of rotatable bonds is 5. The van der Waals surface area contributed by atoms with E-state index in [0.29, 0.717) is 41.4 Å². The standard InChI is InChI=1S/C25H28ClFN4O2/c1-29(2)25(33)28-23-13-19(26)7-5-18(23)6-12-24(32)30-15-21-10-11-22(16-30)31(21)14-17-3-8-20(27)9-4-17/h3-9,12-13,21-22H,10-11,14-16H2,1-2H3,(H,28,33). The molecule has 8 heteroatoms. The van der Waals surface area contributed by atoms with Crippen LogP contribution in [0.15, 0.2) is 48.5 Å². The highest BCUT2D eigenvalue weighted by Gasteiger charge is 2.40. The van der Waals surface area contributed by atoms with Crippen LogP contribution in [0.1, 0.15) is 24.0 Å². The number of fused-ring (bicyclic) bond motifs is 2. The number of benzene rings is 2. The Bertz CT molecular complexity index is 1040. The van der Waals surface area contributed by atoms with E-state index in [-0.39, 0.29) is 17.8 Å². The minimum absolute atomic E-state index is 0.0480. The molecule has 6 nitrogen and oxygen atoms in total. The van der Waals surface area contributed by atoms with Gasteiger partial charge in [0.1, 0.15) is 5.82 Å². The monoisotopic (exact) mass is 470 g/mol. The first kappa shape index (κ1) is 23.3. The Morgan fingerprint density at radius 3 is 2.42 bits per heavy atom. The highest BCUT2D eigenvalue weighted by Crippen LogP contribution is 2.32. The molecular weight excluding hydrogens is 443 g/mol. The van der Waals surface area contributed by atoms with Crippen molar-refractivity contribution in [2.24, 2.45) is 0 Å². The van der Waals surface area contributed by atoms with Crippen molar-refractivity contribution >= 4 is 35.3 Å². The predicted octanol–water partition coefficient (Wildman–Crippen LogP) is 4.46. The molecule has 0 aliphatic carbocycles. The molecule has 2 aliphatic rings. The summed E-state index contributed by atoms with van der Waals surface area (Å²) in [6.45, 7) is 2.12. The van der Waals surface area contributed by atoms with Gasteiger partial charge in [0.15, 0.2) is 0 Å². The van der Waals surface area contributed by atoms with Gasteiger partial charge in [0.25, 0.3) is 0 Å². The number of likely N-dealkylation sites (tertiary alicyclic amines) is 1. The van der Waals surface area contributed by atoms with Gasteiger partial charge in [-0.3, -0.25) is 9.69 Å². The third-order valence-corrected chi connectivity index (χ3v) is 6.53. The summed E-state index contributed by atoms with van der Waals surface area (Å²) in [6, 6.07) is 12.2. The Balaban J connectivity index is 1.41. The van der Waals surface area contributed by atoms with Gasteiger partial charge in [0, 0.05) is 56.9 Å². The van der Waals surface area contributed by atoms with Crippen LogP contribution in [0.3, 0.4) is 0 Å². The van der Waals surface area contributed by atoms with Gasteiger partial charge in [0.05, 0.1) is 5.69 Å². The van der Waals surface area contributed by atoms with E-state index in [1.807, 2.05) is 17.0 Å². The molecule has 2 atom stereocenters. The molecule has 4 rings (SSSR count). The number of amides is 3. The van der Waals surface area contributed by atoms with Crippen molar-refractivity contribution in [3.8, 4) is 0 Å². The maximum Gasteiger partial charge on any atom is 0.321 e. The molecule has 2 aliphatic heterocycles. The molecule has 2 fully saturated rings. The molecular formula is C25H28ClFN4O2. The molecule has 2 heterocycles. The maximum atomic E-state index is 13.2. The summed E-state index contributed by atoms with van der Waals surface area (Å²) in [5.74, 6) is -0.276. The highest BCUT2D eigenvalue weighted by molar-refractivity contribution is 6.31. The van der Waals surface area contributed by atoms with Gasteiger partial charge < -0.3 is 15.1 Å². The Hall–Kier alpha value is -2.90. The minimum Gasteiger partial charge on any atom is -0.336 e. The summed E-state index contributed by atoms with van der Waals surface area (Å²) in [6.07, 6.45) is 5.38. The second kappa shape index (κ2) is 9.93. The van der Waals surface area contributed by atoms with Gasteiger partial charge >= 0.3 is 6.03 Å². The lowest BCUT2D eigenvalue weighted by Gasteiger charge is -2.40. The lowest BCUT2D eigenvalue weighted by Crippen LogP contribution is -2.54. The van der Waals surface area contributed by atoms with E-state index in [1.54, 1.807) is 44.4 Å². The summed E-state index contributed by atoms with van der Waals surface area (Å²) < 4.78 is 13.2. The summed E-state index contributed by atoms with van der Waals surface area (Å²) >= 11 is 6.10. The van der Waals surface area contributed by atoms with Crippen LogP contribution in [-0.2, 0) is 11.3 Å². The molecule has 2 aromatic rings. The normalized spacial score (nSPS) is 20.3. The van der Waals surface area contributed by atoms with E-state index >= 15 is 0 Å². The summed E-state index contributed by atoms with van der Waals surface area (Å²) in [5, 5.41) is 3.31. The number of hydrogen-bond donors (Lipinski definition) is 1. The summed E-state index contributed by atoms with van der Waals surface area (Å²) in [4.78, 5) is 30.8. The Labute approximate surface area is 198 Å². The van der Waals surface area contributed by atoms with Gasteiger partial charge in [-0.05, 0) is 54.3 Å². The topological polar surface area (TPSA) is 55.9 Å². The van der Waals surface area contributed by atoms with Crippen molar-refractivity contribution < 1.29 is 14.0 Å². The van der Waals surface area contributed by atoms with Crippen LogP contribution in [0.4, 0.5) is 14.9 Å². The number of carbonyl (C=O) groups excluding carboxylic acids is 2. The number of urea groups is 1. The largest absolute Gasteiger partial charge is 0.336 e. The van der Waals surface area contributed by atoms with Gasteiger partial charge in [-0.2, -0.15) is 0 Å². The molecule has 0 radical (unpaired) electrons.